The van der Waals surface area contributed by atoms with Crippen LogP contribution in [0.1, 0.15) is 18.1 Å². The monoisotopic (exact) mass is 285 g/mol. The number of hydrogen-bond donors (Lipinski definition) is 1. The molecule has 0 radical (unpaired) electrons. The summed E-state index contributed by atoms with van der Waals surface area (Å²) < 4.78 is 11.1. The highest BCUT2D eigenvalue weighted by Crippen LogP contribution is 2.28. The van der Waals surface area contributed by atoms with Crippen molar-refractivity contribution < 1.29 is 14.3 Å². The zero-order chi connectivity index (χ0) is 15.1. The largest absolute Gasteiger partial charge is 0.493 e. The van der Waals surface area contributed by atoms with Crippen LogP contribution in [0.5, 0.6) is 11.5 Å². The zero-order valence-corrected chi connectivity index (χ0v) is 12.3. The van der Waals surface area contributed by atoms with E-state index in [2.05, 4.69) is 5.32 Å². The number of carbonyl (C=O) groups is 1. The van der Waals surface area contributed by atoms with E-state index in [9.17, 15) is 4.79 Å². The summed E-state index contributed by atoms with van der Waals surface area (Å²) in [4.78, 5) is 10.9. The maximum atomic E-state index is 10.9. The second kappa shape index (κ2) is 7.33. The molecule has 0 aliphatic rings. The van der Waals surface area contributed by atoms with E-state index in [1.54, 1.807) is 7.11 Å². The summed E-state index contributed by atoms with van der Waals surface area (Å²) in [5, 5.41) is 2.76. The Balaban J connectivity index is 2.04. The lowest BCUT2D eigenvalue weighted by atomic mass is 10.2. The lowest BCUT2D eigenvalue weighted by Gasteiger charge is -2.12. The van der Waals surface area contributed by atoms with Crippen molar-refractivity contribution >= 4 is 5.91 Å². The predicted molar refractivity (Wildman–Crippen MR) is 81.3 cm³/mol. The molecule has 0 bridgehead atoms. The molecular weight excluding hydrogens is 266 g/mol. The van der Waals surface area contributed by atoms with Crippen molar-refractivity contribution in [2.24, 2.45) is 0 Å². The Kier molecular flexibility index (Phi) is 5.21. The summed E-state index contributed by atoms with van der Waals surface area (Å²) in [5.41, 5.74) is 2.07. The standard InChI is InChI=1S/C17H19NO3/c1-13(19)18-11-15-8-9-16(17(10-15)20-2)21-12-14-6-4-3-5-7-14/h3-10H,11-12H2,1-2H3,(H,18,19). The highest BCUT2D eigenvalue weighted by atomic mass is 16.5. The van der Waals surface area contributed by atoms with Crippen LogP contribution in [0.2, 0.25) is 0 Å². The van der Waals surface area contributed by atoms with Crippen LogP contribution in [0.3, 0.4) is 0 Å². The Labute approximate surface area is 124 Å². The average molecular weight is 285 g/mol. The highest BCUT2D eigenvalue weighted by Gasteiger charge is 2.06. The molecule has 0 aliphatic heterocycles. The number of rotatable bonds is 6. The molecule has 2 rings (SSSR count). The Bertz CT molecular complexity index is 596. The van der Waals surface area contributed by atoms with Crippen LogP contribution in [-0.2, 0) is 17.9 Å². The molecule has 0 unspecified atom stereocenters. The van der Waals surface area contributed by atoms with Crippen LogP contribution in [0, 0.1) is 0 Å². The Morgan fingerprint density at radius 1 is 1.05 bits per heavy atom. The Morgan fingerprint density at radius 2 is 1.81 bits per heavy atom. The van der Waals surface area contributed by atoms with E-state index in [1.165, 1.54) is 6.92 Å². The summed E-state index contributed by atoms with van der Waals surface area (Å²) >= 11 is 0. The minimum atomic E-state index is -0.0571. The van der Waals surface area contributed by atoms with Gasteiger partial charge in [-0.3, -0.25) is 4.79 Å². The lowest BCUT2D eigenvalue weighted by molar-refractivity contribution is -0.119. The van der Waals surface area contributed by atoms with Crippen LogP contribution in [0.4, 0.5) is 0 Å². The number of hydrogen-bond acceptors (Lipinski definition) is 3. The summed E-state index contributed by atoms with van der Waals surface area (Å²) in [7, 11) is 1.60. The first-order valence-corrected chi connectivity index (χ1v) is 6.77. The highest BCUT2D eigenvalue weighted by molar-refractivity contribution is 5.72. The molecule has 0 saturated carbocycles. The molecule has 1 amide bonds. The van der Waals surface area contributed by atoms with E-state index in [0.717, 1.165) is 11.1 Å². The molecule has 110 valence electrons. The molecule has 0 fully saturated rings. The van der Waals surface area contributed by atoms with Crippen molar-refractivity contribution in [2.75, 3.05) is 7.11 Å². The van der Waals surface area contributed by atoms with E-state index < -0.39 is 0 Å². The van der Waals surface area contributed by atoms with Crippen molar-refractivity contribution in [3.8, 4) is 11.5 Å². The minimum absolute atomic E-state index is 0.0571. The summed E-state index contributed by atoms with van der Waals surface area (Å²) in [6, 6.07) is 15.6. The van der Waals surface area contributed by atoms with Gasteiger partial charge in [-0.1, -0.05) is 36.4 Å². The van der Waals surface area contributed by atoms with Gasteiger partial charge in [0.25, 0.3) is 0 Å². The first-order valence-electron chi connectivity index (χ1n) is 6.77. The summed E-state index contributed by atoms with van der Waals surface area (Å²) in [6.45, 7) is 2.46. The van der Waals surface area contributed by atoms with Gasteiger partial charge in [0.1, 0.15) is 6.61 Å². The smallest absolute Gasteiger partial charge is 0.217 e. The van der Waals surface area contributed by atoms with Gasteiger partial charge in [-0.2, -0.15) is 0 Å². The van der Waals surface area contributed by atoms with Gasteiger partial charge in [0.15, 0.2) is 11.5 Å². The molecule has 0 atom stereocenters. The summed E-state index contributed by atoms with van der Waals surface area (Å²) in [5.74, 6) is 1.29. The first-order chi connectivity index (χ1) is 10.2. The van der Waals surface area contributed by atoms with E-state index in [1.807, 2.05) is 48.5 Å². The topological polar surface area (TPSA) is 47.6 Å². The van der Waals surface area contributed by atoms with Gasteiger partial charge in [-0.15, -0.1) is 0 Å². The van der Waals surface area contributed by atoms with Crippen molar-refractivity contribution in [1.82, 2.24) is 5.32 Å². The van der Waals surface area contributed by atoms with Crippen LogP contribution < -0.4 is 14.8 Å². The van der Waals surface area contributed by atoms with E-state index in [-0.39, 0.29) is 5.91 Å². The number of amides is 1. The molecular formula is C17H19NO3. The molecule has 4 heteroatoms. The first kappa shape index (κ1) is 14.9. The molecule has 1 N–H and O–H groups in total. The van der Waals surface area contributed by atoms with Gasteiger partial charge < -0.3 is 14.8 Å². The normalized spacial score (nSPS) is 10.0. The van der Waals surface area contributed by atoms with Crippen molar-refractivity contribution in [3.05, 3.63) is 59.7 Å². The molecule has 0 saturated heterocycles. The Hall–Kier alpha value is -2.49. The number of ether oxygens (including phenoxy) is 2. The molecule has 4 nitrogen and oxygen atoms in total. The van der Waals surface area contributed by atoms with Crippen LogP contribution in [0.25, 0.3) is 0 Å². The van der Waals surface area contributed by atoms with Crippen LogP contribution in [0.15, 0.2) is 48.5 Å². The second-order valence-electron chi connectivity index (χ2n) is 4.67. The van der Waals surface area contributed by atoms with Gasteiger partial charge >= 0.3 is 0 Å². The van der Waals surface area contributed by atoms with Crippen molar-refractivity contribution in [2.45, 2.75) is 20.1 Å². The molecule has 0 aromatic heterocycles. The minimum Gasteiger partial charge on any atom is -0.493 e. The predicted octanol–water partition coefficient (Wildman–Crippen LogP) is 2.91. The number of methoxy groups -OCH3 is 1. The maximum Gasteiger partial charge on any atom is 0.217 e. The molecule has 0 spiro atoms. The third-order valence-electron chi connectivity index (χ3n) is 3.01. The van der Waals surface area contributed by atoms with Crippen LogP contribution >= 0.6 is 0 Å². The third kappa shape index (κ3) is 4.53. The SMILES string of the molecule is COc1cc(CNC(C)=O)ccc1OCc1ccccc1. The Morgan fingerprint density at radius 3 is 2.48 bits per heavy atom. The van der Waals surface area contributed by atoms with E-state index in [4.69, 9.17) is 9.47 Å². The number of benzene rings is 2. The maximum absolute atomic E-state index is 10.9. The third-order valence-corrected chi connectivity index (χ3v) is 3.01. The fourth-order valence-electron chi connectivity index (χ4n) is 1.90. The quantitative estimate of drug-likeness (QED) is 0.887. The molecule has 2 aromatic carbocycles. The van der Waals surface area contributed by atoms with E-state index >= 15 is 0 Å². The lowest BCUT2D eigenvalue weighted by Crippen LogP contribution is -2.18. The molecule has 0 aliphatic carbocycles. The van der Waals surface area contributed by atoms with Crippen LogP contribution in [-0.4, -0.2) is 13.0 Å². The van der Waals surface area contributed by atoms with Gasteiger partial charge in [0, 0.05) is 13.5 Å². The van der Waals surface area contributed by atoms with Gasteiger partial charge in [-0.05, 0) is 23.3 Å². The summed E-state index contributed by atoms with van der Waals surface area (Å²) in [6.07, 6.45) is 0. The van der Waals surface area contributed by atoms with E-state index in [0.29, 0.717) is 24.7 Å². The second-order valence-corrected chi connectivity index (χ2v) is 4.67. The van der Waals surface area contributed by atoms with Crippen molar-refractivity contribution in [3.63, 3.8) is 0 Å². The number of nitrogens with one attached hydrogen (secondary N) is 1. The number of carbonyl (C=O) groups excluding carboxylic acids is 1. The zero-order valence-electron chi connectivity index (χ0n) is 12.3. The van der Waals surface area contributed by atoms with Gasteiger partial charge in [0.2, 0.25) is 5.91 Å². The fraction of sp³-hybridized carbons (Fsp3) is 0.235. The molecule has 0 heterocycles. The fourth-order valence-corrected chi connectivity index (χ4v) is 1.90. The average Bonchev–Trinajstić information content (AvgIpc) is 2.52. The molecule has 21 heavy (non-hydrogen) atoms. The van der Waals surface area contributed by atoms with Gasteiger partial charge in [-0.25, -0.2) is 0 Å². The van der Waals surface area contributed by atoms with Gasteiger partial charge in [0.05, 0.1) is 7.11 Å². The van der Waals surface area contributed by atoms with Crippen molar-refractivity contribution in [1.29, 1.82) is 0 Å². The molecule has 2 aromatic rings.